The second-order valence-corrected chi connectivity index (χ2v) is 7.96. The van der Waals surface area contributed by atoms with Gasteiger partial charge in [-0.15, -0.1) is 11.3 Å². The van der Waals surface area contributed by atoms with Gasteiger partial charge < -0.3 is 10.7 Å². The number of thiophene rings is 1. The summed E-state index contributed by atoms with van der Waals surface area (Å²) in [4.78, 5) is 5.06. The van der Waals surface area contributed by atoms with Crippen LogP contribution in [0.5, 0.6) is 0 Å². The lowest BCUT2D eigenvalue weighted by atomic mass is 9.99. The summed E-state index contributed by atoms with van der Waals surface area (Å²) in [6, 6.07) is 15.5. The van der Waals surface area contributed by atoms with Gasteiger partial charge in [-0.2, -0.15) is 0 Å². The van der Waals surface area contributed by atoms with Crippen LogP contribution in [0.4, 0.5) is 0 Å². The van der Waals surface area contributed by atoms with Gasteiger partial charge in [0.1, 0.15) is 0 Å². The fourth-order valence-electron chi connectivity index (χ4n) is 3.81. The maximum absolute atomic E-state index is 5.72. The van der Waals surface area contributed by atoms with Gasteiger partial charge in [0.25, 0.3) is 0 Å². The van der Waals surface area contributed by atoms with Gasteiger partial charge >= 0.3 is 0 Å². The molecule has 0 saturated heterocycles. The van der Waals surface area contributed by atoms with Gasteiger partial charge in [0.15, 0.2) is 0 Å². The highest BCUT2D eigenvalue weighted by molar-refractivity contribution is 7.22. The first-order valence-electron chi connectivity index (χ1n) is 8.98. The zero-order valence-electron chi connectivity index (χ0n) is 14.9. The molecule has 128 valence electrons. The molecule has 0 radical (unpaired) electrons. The summed E-state index contributed by atoms with van der Waals surface area (Å²) in [5.41, 5.74) is 12.4. The molecule has 0 amide bonds. The van der Waals surface area contributed by atoms with Gasteiger partial charge in [-0.3, -0.25) is 0 Å². The third-order valence-corrected chi connectivity index (χ3v) is 6.03. The Hall–Kier alpha value is -2.10. The molecule has 0 aliphatic heterocycles. The van der Waals surface area contributed by atoms with Crippen LogP contribution in [0.15, 0.2) is 42.5 Å². The van der Waals surface area contributed by atoms with Crippen LogP contribution in [0.3, 0.4) is 0 Å². The van der Waals surface area contributed by atoms with Crippen LogP contribution in [-0.2, 0) is 6.42 Å². The zero-order chi connectivity index (χ0) is 17.4. The van der Waals surface area contributed by atoms with E-state index in [-0.39, 0.29) is 0 Å². The number of fused-ring (bicyclic) bond motifs is 2. The van der Waals surface area contributed by atoms with E-state index in [0.29, 0.717) is 0 Å². The number of aryl methyl sites for hydroxylation is 3. The molecular formula is C22H24N2S. The van der Waals surface area contributed by atoms with Gasteiger partial charge in [0.2, 0.25) is 0 Å². The first-order chi connectivity index (χ1) is 12.2. The van der Waals surface area contributed by atoms with E-state index in [4.69, 9.17) is 5.73 Å². The van der Waals surface area contributed by atoms with E-state index in [9.17, 15) is 0 Å². The molecule has 3 N–H and O–H groups in total. The normalized spacial score (nSPS) is 11.6. The molecule has 0 spiro atoms. The SMILES string of the molecule is Cc1cc(C)c2c(CCCCN)c(-c3cc4ccccc4s3)[nH]c2c1. The van der Waals surface area contributed by atoms with Crippen molar-refractivity contribution in [2.24, 2.45) is 5.73 Å². The number of nitrogens with two attached hydrogens (primary N) is 1. The molecule has 0 aliphatic carbocycles. The first-order valence-corrected chi connectivity index (χ1v) is 9.80. The van der Waals surface area contributed by atoms with Crippen LogP contribution >= 0.6 is 11.3 Å². The van der Waals surface area contributed by atoms with Crippen LogP contribution < -0.4 is 5.73 Å². The third-order valence-electron chi connectivity index (χ3n) is 4.90. The molecule has 4 aromatic rings. The number of unbranched alkanes of at least 4 members (excludes halogenated alkanes) is 1. The first kappa shape index (κ1) is 16.4. The minimum atomic E-state index is 0.763. The van der Waals surface area contributed by atoms with Crippen molar-refractivity contribution in [1.82, 2.24) is 4.98 Å². The summed E-state index contributed by atoms with van der Waals surface area (Å²) in [7, 11) is 0. The van der Waals surface area contributed by atoms with Crippen molar-refractivity contribution in [2.75, 3.05) is 6.54 Å². The molecule has 2 aromatic heterocycles. The lowest BCUT2D eigenvalue weighted by Gasteiger charge is -2.05. The molecule has 2 heterocycles. The number of hydrogen-bond acceptors (Lipinski definition) is 2. The Kier molecular flexibility index (Phi) is 4.36. The maximum atomic E-state index is 5.72. The highest BCUT2D eigenvalue weighted by atomic mass is 32.1. The molecule has 0 unspecified atom stereocenters. The van der Waals surface area contributed by atoms with Crippen molar-refractivity contribution in [3.63, 3.8) is 0 Å². The van der Waals surface area contributed by atoms with Crippen molar-refractivity contribution in [3.05, 3.63) is 59.2 Å². The van der Waals surface area contributed by atoms with Gasteiger partial charge in [-0.25, -0.2) is 0 Å². The Bertz CT molecular complexity index is 1010. The number of hydrogen-bond donors (Lipinski definition) is 2. The molecule has 0 bridgehead atoms. The molecule has 2 nitrogen and oxygen atoms in total. The lowest BCUT2D eigenvalue weighted by Crippen LogP contribution is -1.99. The van der Waals surface area contributed by atoms with E-state index in [1.807, 2.05) is 11.3 Å². The number of nitrogens with one attached hydrogen (secondary N) is 1. The number of benzene rings is 2. The van der Waals surface area contributed by atoms with Crippen molar-refractivity contribution in [1.29, 1.82) is 0 Å². The smallest absolute Gasteiger partial charge is 0.0599 e. The molecule has 2 aromatic carbocycles. The van der Waals surface area contributed by atoms with Crippen LogP contribution in [-0.4, -0.2) is 11.5 Å². The molecule has 0 aliphatic rings. The number of aromatic amines is 1. The van der Waals surface area contributed by atoms with E-state index in [2.05, 4.69) is 61.3 Å². The summed E-state index contributed by atoms with van der Waals surface area (Å²) in [5.74, 6) is 0. The second-order valence-electron chi connectivity index (χ2n) is 6.88. The van der Waals surface area contributed by atoms with Gasteiger partial charge in [0, 0.05) is 15.6 Å². The fraction of sp³-hybridized carbons (Fsp3) is 0.273. The topological polar surface area (TPSA) is 41.8 Å². The Balaban J connectivity index is 1.91. The molecule has 0 fully saturated rings. The third kappa shape index (κ3) is 2.99. The highest BCUT2D eigenvalue weighted by Gasteiger charge is 2.17. The minimum Gasteiger partial charge on any atom is -0.354 e. The van der Waals surface area contributed by atoms with Crippen molar-refractivity contribution >= 4 is 32.3 Å². The zero-order valence-corrected chi connectivity index (χ0v) is 15.7. The molecule has 4 rings (SSSR count). The number of H-pyrrole nitrogens is 1. The number of aromatic nitrogens is 1. The van der Waals surface area contributed by atoms with E-state index in [0.717, 1.165) is 25.8 Å². The van der Waals surface area contributed by atoms with E-state index in [1.54, 1.807) is 0 Å². The van der Waals surface area contributed by atoms with Gasteiger partial charge in [0.05, 0.1) is 10.6 Å². The van der Waals surface area contributed by atoms with Crippen LogP contribution in [0.2, 0.25) is 0 Å². The molecular weight excluding hydrogens is 324 g/mol. The molecule has 25 heavy (non-hydrogen) atoms. The molecule has 0 saturated carbocycles. The van der Waals surface area contributed by atoms with Crippen LogP contribution in [0, 0.1) is 13.8 Å². The predicted octanol–water partition coefficient (Wildman–Crippen LogP) is 5.95. The van der Waals surface area contributed by atoms with Gasteiger partial charge in [-0.05, 0) is 79.9 Å². The Morgan fingerprint density at radius 1 is 1.04 bits per heavy atom. The van der Waals surface area contributed by atoms with Crippen molar-refractivity contribution < 1.29 is 0 Å². The highest BCUT2D eigenvalue weighted by Crippen LogP contribution is 2.39. The predicted molar refractivity (Wildman–Crippen MR) is 111 cm³/mol. The Labute approximate surface area is 152 Å². The summed E-state index contributed by atoms with van der Waals surface area (Å²) in [6.07, 6.45) is 3.28. The summed E-state index contributed by atoms with van der Waals surface area (Å²) in [5, 5.41) is 2.72. The minimum absolute atomic E-state index is 0.763. The largest absolute Gasteiger partial charge is 0.354 e. The van der Waals surface area contributed by atoms with Crippen LogP contribution in [0.1, 0.15) is 29.5 Å². The van der Waals surface area contributed by atoms with E-state index < -0.39 is 0 Å². The van der Waals surface area contributed by atoms with Crippen molar-refractivity contribution in [3.8, 4) is 10.6 Å². The van der Waals surface area contributed by atoms with E-state index >= 15 is 0 Å². The van der Waals surface area contributed by atoms with E-state index in [1.165, 1.54) is 48.3 Å². The summed E-state index contributed by atoms with van der Waals surface area (Å²) >= 11 is 1.87. The average Bonchev–Trinajstić information content (AvgIpc) is 3.16. The Morgan fingerprint density at radius 3 is 2.68 bits per heavy atom. The molecule has 0 atom stereocenters. The summed E-state index contributed by atoms with van der Waals surface area (Å²) < 4.78 is 1.34. The van der Waals surface area contributed by atoms with Crippen LogP contribution in [0.25, 0.3) is 31.6 Å². The maximum Gasteiger partial charge on any atom is 0.0599 e. The quantitative estimate of drug-likeness (QED) is 0.430. The van der Waals surface area contributed by atoms with Crippen molar-refractivity contribution in [2.45, 2.75) is 33.1 Å². The molecule has 3 heteroatoms. The standard InChI is InChI=1S/C22H24N2S/c1-14-11-15(2)21-17(8-5-6-10-23)22(24-18(21)12-14)20-13-16-7-3-4-9-19(16)25-20/h3-4,7,9,11-13,24H,5-6,8,10,23H2,1-2H3. The fourth-order valence-corrected chi connectivity index (χ4v) is 4.90. The summed E-state index contributed by atoms with van der Waals surface area (Å²) in [6.45, 7) is 5.16. The average molecular weight is 349 g/mol. The van der Waals surface area contributed by atoms with Gasteiger partial charge in [-0.1, -0.05) is 24.3 Å². The second kappa shape index (κ2) is 6.66. The number of rotatable bonds is 5. The lowest BCUT2D eigenvalue weighted by molar-refractivity contribution is 0.748. The Morgan fingerprint density at radius 2 is 1.88 bits per heavy atom. The monoisotopic (exact) mass is 348 g/mol.